The van der Waals surface area contributed by atoms with Crippen LogP contribution in [0.25, 0.3) is 4.96 Å². The van der Waals surface area contributed by atoms with Crippen LogP contribution in [-0.4, -0.2) is 47.2 Å². The SMILES string of the molecule is COc1ccc(Nc2nc3sccn3c2[N+](=O)[O-])cc1S(=O)(=O)N1CCCCC1. The van der Waals surface area contributed by atoms with Crippen LogP contribution in [0, 0.1) is 10.1 Å². The van der Waals surface area contributed by atoms with Gasteiger partial charge in [0.25, 0.3) is 4.96 Å². The summed E-state index contributed by atoms with van der Waals surface area (Å²) < 4.78 is 34.4. The third-order valence-electron chi connectivity index (χ3n) is 4.77. The van der Waals surface area contributed by atoms with Gasteiger partial charge in [-0.1, -0.05) is 17.8 Å². The van der Waals surface area contributed by atoms with Gasteiger partial charge in [-0.15, -0.1) is 0 Å². The Labute approximate surface area is 170 Å². The first-order valence-corrected chi connectivity index (χ1v) is 11.3. The molecular formula is C17H19N5O5S2. The number of thiazole rings is 1. The Morgan fingerprint density at radius 1 is 1.28 bits per heavy atom. The minimum Gasteiger partial charge on any atom is -0.495 e. The largest absolute Gasteiger partial charge is 0.495 e. The lowest BCUT2D eigenvalue weighted by Crippen LogP contribution is -2.35. The number of benzene rings is 1. The van der Waals surface area contributed by atoms with E-state index in [0.29, 0.717) is 23.7 Å². The molecule has 0 saturated carbocycles. The smallest absolute Gasteiger partial charge is 0.373 e. The number of fused-ring (bicyclic) bond motifs is 1. The standard InChI is InChI=1S/C17H19N5O5S2/c1-27-13-6-5-12(11-14(13)29(25,26)20-7-3-2-4-8-20)18-15-16(22(23)24)21-9-10-28-17(21)19-15/h5-6,9-11,18H,2-4,7-8H2,1H3. The van der Waals surface area contributed by atoms with Crippen molar-refractivity contribution in [2.75, 3.05) is 25.5 Å². The van der Waals surface area contributed by atoms with E-state index in [4.69, 9.17) is 4.74 Å². The fraction of sp³-hybridized carbons (Fsp3) is 0.353. The highest BCUT2D eigenvalue weighted by Crippen LogP contribution is 2.34. The van der Waals surface area contributed by atoms with E-state index in [9.17, 15) is 18.5 Å². The van der Waals surface area contributed by atoms with Crippen LogP contribution in [0.1, 0.15) is 19.3 Å². The molecule has 154 valence electrons. The quantitative estimate of drug-likeness (QED) is 0.464. The predicted octanol–water partition coefficient (Wildman–Crippen LogP) is 3.23. The number of imidazole rings is 1. The third-order valence-corrected chi connectivity index (χ3v) is 7.45. The number of nitrogens with zero attached hydrogens (tertiary/aromatic N) is 4. The van der Waals surface area contributed by atoms with Gasteiger partial charge in [0.15, 0.2) is 0 Å². The average Bonchev–Trinajstić information content (AvgIpc) is 3.29. The van der Waals surface area contributed by atoms with E-state index in [2.05, 4.69) is 10.3 Å². The molecule has 0 radical (unpaired) electrons. The molecule has 1 aromatic carbocycles. The molecule has 1 N–H and O–H groups in total. The molecule has 10 nitrogen and oxygen atoms in total. The maximum absolute atomic E-state index is 13.1. The Kier molecular flexibility index (Phi) is 5.15. The van der Waals surface area contributed by atoms with Gasteiger partial charge in [-0.2, -0.15) is 13.7 Å². The van der Waals surface area contributed by atoms with Gasteiger partial charge in [-0.3, -0.25) is 0 Å². The van der Waals surface area contributed by atoms with Gasteiger partial charge in [0.05, 0.1) is 7.11 Å². The van der Waals surface area contributed by atoms with Crippen LogP contribution < -0.4 is 10.1 Å². The number of hydrogen-bond acceptors (Lipinski definition) is 8. The number of nitro groups is 1. The van der Waals surface area contributed by atoms with E-state index < -0.39 is 14.9 Å². The van der Waals surface area contributed by atoms with Crippen LogP contribution in [0.3, 0.4) is 0 Å². The summed E-state index contributed by atoms with van der Waals surface area (Å²) >= 11 is 1.27. The van der Waals surface area contributed by atoms with Crippen LogP contribution in [0.15, 0.2) is 34.7 Å². The van der Waals surface area contributed by atoms with Crippen LogP contribution in [0.5, 0.6) is 5.75 Å². The van der Waals surface area contributed by atoms with E-state index in [1.807, 2.05) is 0 Å². The molecule has 0 spiro atoms. The summed E-state index contributed by atoms with van der Waals surface area (Å²) in [6.45, 7) is 0.928. The topological polar surface area (TPSA) is 119 Å². The molecule has 0 atom stereocenters. The summed E-state index contributed by atoms with van der Waals surface area (Å²) in [5.41, 5.74) is 0.371. The van der Waals surface area contributed by atoms with Crippen LogP contribution >= 0.6 is 11.3 Å². The van der Waals surface area contributed by atoms with Crippen molar-refractivity contribution in [3.05, 3.63) is 39.9 Å². The minimum atomic E-state index is -3.75. The highest BCUT2D eigenvalue weighted by molar-refractivity contribution is 7.89. The number of aromatic nitrogens is 2. The van der Waals surface area contributed by atoms with Gasteiger partial charge in [0, 0.05) is 24.2 Å². The molecule has 1 aliphatic heterocycles. The highest BCUT2D eigenvalue weighted by atomic mass is 32.2. The van der Waals surface area contributed by atoms with E-state index >= 15 is 0 Å². The summed E-state index contributed by atoms with van der Waals surface area (Å²) in [5, 5.41) is 16.1. The molecule has 12 heteroatoms. The van der Waals surface area contributed by atoms with Crippen molar-refractivity contribution in [2.45, 2.75) is 24.2 Å². The number of methoxy groups -OCH3 is 1. The zero-order valence-electron chi connectivity index (χ0n) is 15.6. The van der Waals surface area contributed by atoms with E-state index in [1.165, 1.54) is 39.3 Å². The molecule has 3 heterocycles. The Morgan fingerprint density at radius 3 is 2.72 bits per heavy atom. The molecule has 0 amide bonds. The second-order valence-corrected chi connectivity index (χ2v) is 9.33. The maximum atomic E-state index is 13.1. The van der Waals surface area contributed by atoms with E-state index in [-0.39, 0.29) is 22.3 Å². The van der Waals surface area contributed by atoms with Crippen molar-refractivity contribution < 1.29 is 18.1 Å². The molecule has 1 aliphatic rings. The molecule has 0 bridgehead atoms. The van der Waals surface area contributed by atoms with Crippen molar-refractivity contribution in [1.82, 2.24) is 13.7 Å². The normalized spacial score (nSPS) is 15.5. The summed E-state index contributed by atoms with van der Waals surface area (Å²) in [6.07, 6.45) is 4.20. The molecule has 29 heavy (non-hydrogen) atoms. The fourth-order valence-corrected chi connectivity index (χ4v) is 5.78. The molecule has 0 aliphatic carbocycles. The molecule has 2 aromatic heterocycles. The Balaban J connectivity index is 1.73. The highest BCUT2D eigenvalue weighted by Gasteiger charge is 2.30. The van der Waals surface area contributed by atoms with E-state index in [1.54, 1.807) is 17.6 Å². The summed E-state index contributed by atoms with van der Waals surface area (Å²) in [4.78, 5) is 15.7. The number of anilines is 2. The lowest BCUT2D eigenvalue weighted by Gasteiger charge is -2.26. The van der Waals surface area contributed by atoms with Gasteiger partial charge in [0.1, 0.15) is 16.8 Å². The zero-order chi connectivity index (χ0) is 20.6. The van der Waals surface area contributed by atoms with Gasteiger partial charge in [0.2, 0.25) is 15.8 Å². The number of rotatable bonds is 6. The maximum Gasteiger partial charge on any atom is 0.373 e. The van der Waals surface area contributed by atoms with Crippen molar-refractivity contribution in [1.29, 1.82) is 0 Å². The first kappa shape index (κ1) is 19.6. The molecule has 3 aromatic rings. The first-order chi connectivity index (χ1) is 13.9. The number of nitrogens with one attached hydrogen (secondary N) is 1. The van der Waals surface area contributed by atoms with Crippen molar-refractivity contribution in [3.63, 3.8) is 0 Å². The Hall–Kier alpha value is -2.70. The minimum absolute atomic E-state index is 0.0237. The molecule has 0 unspecified atom stereocenters. The van der Waals surface area contributed by atoms with Crippen molar-refractivity contribution in [2.24, 2.45) is 0 Å². The number of sulfonamides is 1. The van der Waals surface area contributed by atoms with Gasteiger partial charge in [-0.05, 0) is 36.0 Å². The van der Waals surface area contributed by atoms with Gasteiger partial charge in [-0.25, -0.2) is 8.42 Å². The molecule has 1 saturated heterocycles. The molecular weight excluding hydrogens is 418 g/mol. The summed E-state index contributed by atoms with van der Waals surface area (Å²) in [5.74, 6) is 0.0623. The predicted molar refractivity (Wildman–Crippen MR) is 109 cm³/mol. The second kappa shape index (κ2) is 7.61. The van der Waals surface area contributed by atoms with Crippen LogP contribution in [-0.2, 0) is 10.0 Å². The fourth-order valence-electron chi connectivity index (χ4n) is 3.37. The lowest BCUT2D eigenvalue weighted by molar-refractivity contribution is -0.389. The average molecular weight is 438 g/mol. The second-order valence-electron chi connectivity index (χ2n) is 6.55. The molecule has 1 fully saturated rings. The van der Waals surface area contributed by atoms with Gasteiger partial charge < -0.3 is 20.2 Å². The lowest BCUT2D eigenvalue weighted by atomic mass is 10.2. The Bertz CT molecular complexity index is 1160. The van der Waals surface area contributed by atoms with Crippen LogP contribution in [0.2, 0.25) is 0 Å². The Morgan fingerprint density at radius 2 is 2.03 bits per heavy atom. The molecule has 4 rings (SSSR count). The third kappa shape index (κ3) is 3.54. The van der Waals surface area contributed by atoms with Crippen molar-refractivity contribution in [3.8, 4) is 5.75 Å². The number of hydrogen-bond donors (Lipinski definition) is 1. The number of piperidine rings is 1. The van der Waals surface area contributed by atoms with Crippen LogP contribution in [0.4, 0.5) is 17.3 Å². The summed E-state index contributed by atoms with van der Waals surface area (Å²) in [6, 6.07) is 4.56. The monoisotopic (exact) mass is 437 g/mol. The first-order valence-electron chi connectivity index (χ1n) is 8.97. The van der Waals surface area contributed by atoms with E-state index in [0.717, 1.165) is 19.3 Å². The zero-order valence-corrected chi connectivity index (χ0v) is 17.2. The summed E-state index contributed by atoms with van der Waals surface area (Å²) in [7, 11) is -2.34. The van der Waals surface area contributed by atoms with Crippen molar-refractivity contribution >= 4 is 43.6 Å². The van der Waals surface area contributed by atoms with Gasteiger partial charge >= 0.3 is 5.82 Å². The number of ether oxygens (including phenoxy) is 1.